The maximum absolute atomic E-state index is 4.91. The van der Waals surface area contributed by atoms with E-state index in [4.69, 9.17) is 4.98 Å². The Balaban J connectivity index is 1.78. The van der Waals surface area contributed by atoms with Crippen LogP contribution >= 0.6 is 11.3 Å². The van der Waals surface area contributed by atoms with Crippen LogP contribution in [0.4, 0.5) is 5.13 Å². The van der Waals surface area contributed by atoms with E-state index in [9.17, 15) is 0 Å². The van der Waals surface area contributed by atoms with Gasteiger partial charge in [-0.2, -0.15) is 0 Å². The van der Waals surface area contributed by atoms with Crippen molar-refractivity contribution in [2.24, 2.45) is 0 Å². The molecule has 3 rings (SSSR count). The van der Waals surface area contributed by atoms with Gasteiger partial charge in [0.25, 0.3) is 0 Å². The Morgan fingerprint density at radius 3 is 2.89 bits per heavy atom. The lowest BCUT2D eigenvalue weighted by molar-refractivity contribution is 0.315. The minimum Gasteiger partial charge on any atom is -0.346 e. The van der Waals surface area contributed by atoms with Crippen molar-refractivity contribution in [2.45, 2.75) is 37.8 Å². The third kappa shape index (κ3) is 2.51. The molecule has 2 aliphatic rings. The summed E-state index contributed by atoms with van der Waals surface area (Å²) in [5, 5.41) is 4.68. The number of likely N-dealkylation sites (N-methyl/N-ethyl adjacent to an activating group) is 1. The van der Waals surface area contributed by atoms with E-state index >= 15 is 0 Å². The van der Waals surface area contributed by atoms with Crippen molar-refractivity contribution < 1.29 is 0 Å². The number of hydrogen-bond donors (Lipinski definition) is 1. The van der Waals surface area contributed by atoms with Gasteiger partial charge >= 0.3 is 0 Å². The van der Waals surface area contributed by atoms with Gasteiger partial charge in [0.05, 0.1) is 5.69 Å². The van der Waals surface area contributed by atoms with Crippen LogP contribution in [0.15, 0.2) is 0 Å². The van der Waals surface area contributed by atoms with Crippen molar-refractivity contribution in [2.75, 3.05) is 39.1 Å². The molecular weight excluding hydrogens is 256 g/mol. The largest absolute Gasteiger partial charge is 0.346 e. The Kier molecular flexibility index (Phi) is 3.78. The fourth-order valence-corrected chi connectivity index (χ4v) is 4.45. The molecule has 1 aliphatic heterocycles. The van der Waals surface area contributed by atoms with Crippen LogP contribution in [0.2, 0.25) is 0 Å². The molecule has 0 bridgehead atoms. The number of rotatable bonds is 3. The van der Waals surface area contributed by atoms with Crippen molar-refractivity contribution >= 4 is 16.5 Å². The topological polar surface area (TPSA) is 31.4 Å². The third-order valence-electron chi connectivity index (χ3n) is 4.45. The Labute approximate surface area is 119 Å². The number of nitrogens with one attached hydrogen (secondary N) is 1. The summed E-state index contributed by atoms with van der Waals surface area (Å²) < 4.78 is 0. The van der Waals surface area contributed by atoms with Gasteiger partial charge < -0.3 is 15.1 Å². The number of fused-ring (bicyclic) bond motifs is 1. The Bertz CT molecular complexity index is 443. The van der Waals surface area contributed by atoms with Gasteiger partial charge in [-0.1, -0.05) is 11.3 Å². The highest BCUT2D eigenvalue weighted by Gasteiger charge is 2.29. The summed E-state index contributed by atoms with van der Waals surface area (Å²) >= 11 is 1.91. The van der Waals surface area contributed by atoms with E-state index in [1.54, 1.807) is 0 Å². The number of anilines is 1. The monoisotopic (exact) mass is 280 g/mol. The highest BCUT2D eigenvalue weighted by molar-refractivity contribution is 7.15. The number of hydrogen-bond acceptors (Lipinski definition) is 5. The number of thiazole rings is 1. The van der Waals surface area contributed by atoms with E-state index < -0.39 is 0 Å². The highest BCUT2D eigenvalue weighted by Crippen LogP contribution is 2.38. The van der Waals surface area contributed by atoms with Gasteiger partial charge in [0.2, 0.25) is 0 Å². The molecule has 1 saturated heterocycles. The molecule has 19 heavy (non-hydrogen) atoms. The maximum atomic E-state index is 4.91. The van der Waals surface area contributed by atoms with Crippen molar-refractivity contribution in [3.8, 4) is 0 Å². The molecule has 5 heteroatoms. The maximum Gasteiger partial charge on any atom is 0.185 e. The molecule has 4 nitrogen and oxygen atoms in total. The molecule has 2 atom stereocenters. The van der Waals surface area contributed by atoms with Crippen molar-refractivity contribution in [3.05, 3.63) is 10.6 Å². The standard InChI is InChI=1S/C14H24N4S/c1-15-11-5-4-6-12-13(11)19-14(16-12)18-8-7-10(9-18)17(2)3/h10-11,15H,4-9H2,1-3H3. The Morgan fingerprint density at radius 1 is 1.37 bits per heavy atom. The number of nitrogens with zero attached hydrogens (tertiary/aromatic N) is 3. The second kappa shape index (κ2) is 5.38. The van der Waals surface area contributed by atoms with Crippen LogP contribution in [-0.4, -0.2) is 50.2 Å². The second-order valence-electron chi connectivity index (χ2n) is 5.89. The van der Waals surface area contributed by atoms with Crippen molar-refractivity contribution in [3.63, 3.8) is 0 Å². The molecule has 0 amide bonds. The van der Waals surface area contributed by atoms with Gasteiger partial charge in [-0.25, -0.2) is 4.98 Å². The van der Waals surface area contributed by atoms with Crippen LogP contribution in [0.1, 0.15) is 35.9 Å². The van der Waals surface area contributed by atoms with Gasteiger partial charge in [0, 0.05) is 30.1 Å². The first-order valence-electron chi connectivity index (χ1n) is 7.27. The van der Waals surface area contributed by atoms with Crippen molar-refractivity contribution in [1.29, 1.82) is 0 Å². The van der Waals surface area contributed by atoms with Gasteiger partial charge in [-0.3, -0.25) is 0 Å². The van der Waals surface area contributed by atoms with Crippen LogP contribution in [0, 0.1) is 0 Å². The van der Waals surface area contributed by atoms with E-state index in [0.717, 1.165) is 19.5 Å². The molecule has 1 N–H and O–H groups in total. The lowest BCUT2D eigenvalue weighted by atomic mass is 9.98. The summed E-state index contributed by atoms with van der Waals surface area (Å²) in [5.41, 5.74) is 1.35. The van der Waals surface area contributed by atoms with E-state index in [-0.39, 0.29) is 0 Å². The Hall–Kier alpha value is -0.650. The smallest absolute Gasteiger partial charge is 0.185 e. The van der Waals surface area contributed by atoms with Gasteiger partial charge in [0.15, 0.2) is 5.13 Å². The minimum absolute atomic E-state index is 0.530. The van der Waals surface area contributed by atoms with Gasteiger partial charge in [0.1, 0.15) is 0 Å². The van der Waals surface area contributed by atoms with E-state index in [0.29, 0.717) is 12.1 Å². The third-order valence-corrected chi connectivity index (χ3v) is 5.72. The molecule has 0 radical (unpaired) electrons. The van der Waals surface area contributed by atoms with Crippen molar-refractivity contribution in [1.82, 2.24) is 15.2 Å². The average molecular weight is 280 g/mol. The summed E-state index contributed by atoms with van der Waals surface area (Å²) in [5.74, 6) is 0. The molecule has 1 fully saturated rings. The summed E-state index contributed by atoms with van der Waals surface area (Å²) in [6.45, 7) is 2.28. The number of aromatic nitrogens is 1. The van der Waals surface area contributed by atoms with E-state index in [1.165, 1.54) is 35.0 Å². The quantitative estimate of drug-likeness (QED) is 0.916. The summed E-state index contributed by atoms with van der Waals surface area (Å²) in [4.78, 5) is 11.2. The first kappa shape index (κ1) is 13.3. The van der Waals surface area contributed by atoms with Crippen LogP contribution in [-0.2, 0) is 6.42 Å². The normalized spacial score (nSPS) is 27.1. The average Bonchev–Trinajstić information content (AvgIpc) is 3.04. The summed E-state index contributed by atoms with van der Waals surface area (Å²) in [6, 6.07) is 1.21. The molecule has 0 spiro atoms. The zero-order valence-corrected chi connectivity index (χ0v) is 13.0. The molecule has 2 unspecified atom stereocenters. The zero-order valence-electron chi connectivity index (χ0n) is 12.1. The molecule has 1 aliphatic carbocycles. The van der Waals surface area contributed by atoms with Crippen LogP contribution in [0.25, 0.3) is 0 Å². The first-order chi connectivity index (χ1) is 9.19. The van der Waals surface area contributed by atoms with Crippen LogP contribution < -0.4 is 10.2 Å². The van der Waals surface area contributed by atoms with E-state index in [1.807, 2.05) is 11.3 Å². The van der Waals surface area contributed by atoms with Gasteiger partial charge in [-0.15, -0.1) is 0 Å². The van der Waals surface area contributed by atoms with E-state index in [2.05, 4.69) is 36.3 Å². The molecule has 106 valence electrons. The SMILES string of the molecule is CNC1CCCc2nc(N3CCC(N(C)C)C3)sc21. The van der Waals surface area contributed by atoms with Crippen LogP contribution in [0.5, 0.6) is 0 Å². The molecule has 0 saturated carbocycles. The lowest BCUT2D eigenvalue weighted by Crippen LogP contribution is -2.31. The second-order valence-corrected chi connectivity index (χ2v) is 6.90. The van der Waals surface area contributed by atoms with Crippen LogP contribution in [0.3, 0.4) is 0 Å². The Morgan fingerprint density at radius 2 is 2.21 bits per heavy atom. The predicted molar refractivity (Wildman–Crippen MR) is 81.2 cm³/mol. The first-order valence-corrected chi connectivity index (χ1v) is 8.09. The molecule has 0 aromatic carbocycles. The minimum atomic E-state index is 0.530. The molecule has 1 aromatic rings. The lowest BCUT2D eigenvalue weighted by Gasteiger charge is -2.20. The number of aryl methyl sites for hydroxylation is 1. The van der Waals surface area contributed by atoms with Gasteiger partial charge in [-0.05, 0) is 46.8 Å². The molecule has 2 heterocycles. The summed E-state index contributed by atoms with van der Waals surface area (Å²) in [7, 11) is 6.42. The molecular formula is C14H24N4S. The predicted octanol–water partition coefficient (Wildman–Crippen LogP) is 1.88. The fraction of sp³-hybridized carbons (Fsp3) is 0.786. The fourth-order valence-electron chi connectivity index (χ4n) is 3.15. The highest BCUT2D eigenvalue weighted by atomic mass is 32.1. The molecule has 1 aromatic heterocycles. The zero-order chi connectivity index (χ0) is 13.4. The summed E-state index contributed by atoms with van der Waals surface area (Å²) in [6.07, 6.45) is 4.94.